The molecule has 0 bridgehead atoms. The molecule has 2 fully saturated rings. The number of piperidine rings is 1. The fourth-order valence-electron chi connectivity index (χ4n) is 8.29. The number of amides is 5. The number of hydrogen-bond donors (Lipinski definition) is 5. The maximum absolute atomic E-state index is 13.5. The Hall–Kier alpha value is -6.40. The van der Waals surface area contributed by atoms with Crippen LogP contribution in [0.25, 0.3) is 0 Å². The van der Waals surface area contributed by atoms with Crippen molar-refractivity contribution in [1.82, 2.24) is 35.1 Å². The Kier molecular flexibility index (Phi) is 18.4. The number of imide groups is 2. The first kappa shape index (κ1) is 53.4. The van der Waals surface area contributed by atoms with E-state index in [4.69, 9.17) is 18.9 Å². The van der Waals surface area contributed by atoms with E-state index >= 15 is 0 Å². The Balaban J connectivity index is 0.713. The van der Waals surface area contributed by atoms with Crippen molar-refractivity contribution in [2.45, 2.75) is 69.5 Å². The molecule has 2 saturated heterocycles. The third-order valence-corrected chi connectivity index (χ3v) is 13.6. The van der Waals surface area contributed by atoms with Crippen molar-refractivity contribution >= 4 is 68.4 Å². The van der Waals surface area contributed by atoms with Crippen LogP contribution in [0.4, 0.5) is 28.8 Å². The van der Waals surface area contributed by atoms with Crippen LogP contribution < -0.4 is 30.9 Å². The van der Waals surface area contributed by atoms with Gasteiger partial charge in [0.15, 0.2) is 0 Å². The van der Waals surface area contributed by atoms with E-state index < -0.39 is 51.3 Å². The highest BCUT2D eigenvalue weighted by Gasteiger charge is 2.45. The van der Waals surface area contributed by atoms with E-state index in [9.17, 15) is 32.4 Å². The minimum absolute atomic E-state index is 0.0424. The van der Waals surface area contributed by atoms with Gasteiger partial charge < -0.3 is 39.4 Å². The second kappa shape index (κ2) is 24.8. The monoisotopic (exact) mass is 1010 g/mol. The topological polar surface area (TPSA) is 252 Å². The van der Waals surface area contributed by atoms with Crippen molar-refractivity contribution in [3.05, 3.63) is 95.7 Å². The number of rotatable bonds is 24. The van der Waals surface area contributed by atoms with Gasteiger partial charge in [-0.2, -0.15) is 4.98 Å². The summed E-state index contributed by atoms with van der Waals surface area (Å²) in [6.45, 7) is 12.8. The summed E-state index contributed by atoms with van der Waals surface area (Å²) < 4.78 is 51.0. The van der Waals surface area contributed by atoms with E-state index in [2.05, 4.69) is 40.9 Å². The molecule has 0 radical (unpaired) electrons. The number of fused-ring (bicyclic) bond motifs is 1. The van der Waals surface area contributed by atoms with E-state index in [1.54, 1.807) is 75.5 Å². The lowest BCUT2D eigenvalue weighted by atomic mass is 9.91. The zero-order chi connectivity index (χ0) is 51.3. The summed E-state index contributed by atoms with van der Waals surface area (Å²) in [5.41, 5.74) is 3.41. The lowest BCUT2D eigenvalue weighted by molar-refractivity contribution is -0.144. The number of ether oxygens (including phenoxy) is 4. The molecule has 5 amide bonds. The summed E-state index contributed by atoms with van der Waals surface area (Å²) in [6.07, 6.45) is 2.10. The van der Waals surface area contributed by atoms with Crippen LogP contribution >= 0.6 is 0 Å². The number of carbonyl (C=O) groups is 5. The Morgan fingerprint density at radius 2 is 1.46 bits per heavy atom. The molecule has 4 aromatic rings. The zero-order valence-corrected chi connectivity index (χ0v) is 41.9. The average molecular weight is 1010 g/mol. The molecule has 72 heavy (non-hydrogen) atoms. The van der Waals surface area contributed by atoms with Gasteiger partial charge in [-0.25, -0.2) is 18.1 Å². The molecule has 0 spiro atoms. The molecule has 0 saturated carbocycles. The van der Waals surface area contributed by atoms with Crippen LogP contribution in [0.3, 0.4) is 0 Å². The molecule has 3 aliphatic heterocycles. The third kappa shape index (κ3) is 14.6. The quantitative estimate of drug-likeness (QED) is 0.0497. The Morgan fingerprint density at radius 1 is 0.792 bits per heavy atom. The van der Waals surface area contributed by atoms with Gasteiger partial charge in [0.1, 0.15) is 17.9 Å². The third-order valence-electron chi connectivity index (χ3n) is 11.8. The normalized spacial score (nSPS) is 17.5. The SMILES string of the molecule is Cc1cnc(Nc2ccc(N3CCN(C(=O)CCOCCOCCOCCOCCNC4C(=O)N(C5CCC(=O)NC5=O)C(=O)c5ccccc54)CC3)cc2)nc1Nc1cccc(S(=O)(=O)NC(C)(C)C)c1. The predicted octanol–water partition coefficient (Wildman–Crippen LogP) is 3.57. The summed E-state index contributed by atoms with van der Waals surface area (Å²) in [6, 6.07) is 19.4. The second-order valence-electron chi connectivity index (χ2n) is 18.4. The number of aromatic nitrogens is 2. The summed E-state index contributed by atoms with van der Waals surface area (Å²) >= 11 is 0. The molecule has 5 N–H and O–H groups in total. The highest BCUT2D eigenvalue weighted by molar-refractivity contribution is 7.89. The van der Waals surface area contributed by atoms with Gasteiger partial charge in [-0.3, -0.25) is 39.5 Å². The van der Waals surface area contributed by atoms with Crippen molar-refractivity contribution in [1.29, 1.82) is 0 Å². The number of benzene rings is 3. The van der Waals surface area contributed by atoms with Gasteiger partial charge in [-0.15, -0.1) is 0 Å². The van der Waals surface area contributed by atoms with Crippen LogP contribution in [0.1, 0.15) is 67.6 Å². The summed E-state index contributed by atoms with van der Waals surface area (Å²) in [5.74, 6) is -1.24. The molecule has 386 valence electrons. The zero-order valence-electron chi connectivity index (χ0n) is 41.1. The Bertz CT molecular complexity index is 2660. The molecule has 3 aliphatic rings. The largest absolute Gasteiger partial charge is 0.379 e. The fraction of sp³-hybridized carbons (Fsp3) is 0.460. The van der Waals surface area contributed by atoms with Gasteiger partial charge in [-0.1, -0.05) is 24.3 Å². The summed E-state index contributed by atoms with van der Waals surface area (Å²) in [7, 11) is -3.72. The van der Waals surface area contributed by atoms with E-state index in [0.29, 0.717) is 108 Å². The van der Waals surface area contributed by atoms with Crippen LogP contribution in [0.5, 0.6) is 0 Å². The molecule has 1 aromatic heterocycles. The highest BCUT2D eigenvalue weighted by Crippen LogP contribution is 2.31. The van der Waals surface area contributed by atoms with Crippen molar-refractivity contribution in [3.8, 4) is 0 Å². The maximum Gasteiger partial charge on any atom is 0.261 e. The highest BCUT2D eigenvalue weighted by atomic mass is 32.2. The Morgan fingerprint density at radius 3 is 2.14 bits per heavy atom. The maximum atomic E-state index is 13.5. The molecular formula is C50H64N10O11S. The Labute approximate surface area is 419 Å². The lowest BCUT2D eigenvalue weighted by Gasteiger charge is -2.38. The number of nitrogens with one attached hydrogen (secondary N) is 5. The smallest absolute Gasteiger partial charge is 0.261 e. The van der Waals surface area contributed by atoms with Gasteiger partial charge in [0.05, 0.1) is 64.2 Å². The average Bonchev–Trinajstić information content (AvgIpc) is 3.35. The van der Waals surface area contributed by atoms with Gasteiger partial charge in [-0.05, 0) is 88.2 Å². The standard InChI is InChI=1S/C50H64N10O11S/c1-34-33-52-49(56-45(34)53-36-8-7-9-38(32-36)72(66,67)57-50(2,3)4)54-35-12-14-37(15-13-35)58-20-22-59(23-21-58)43(62)18-24-68-26-28-70-30-31-71-29-27-69-25-19-51-44-39-10-5-6-11-40(39)47(64)60(48(44)65)41-16-17-42(61)55-46(41)63/h5-15,32-33,41,44,51,57H,16-31H2,1-4H3,(H,55,61,63)(H2,52,53,54,56). The van der Waals surface area contributed by atoms with Gasteiger partial charge in [0, 0.05) is 79.1 Å². The number of anilines is 5. The summed E-state index contributed by atoms with van der Waals surface area (Å²) in [5, 5.41) is 11.8. The second-order valence-corrected chi connectivity index (χ2v) is 20.1. The number of hydrogen-bond acceptors (Lipinski definition) is 17. The lowest BCUT2D eigenvalue weighted by Crippen LogP contribution is -2.60. The molecule has 4 heterocycles. The van der Waals surface area contributed by atoms with Crippen molar-refractivity contribution in [2.24, 2.45) is 0 Å². The number of sulfonamides is 1. The number of aryl methyl sites for hydroxylation is 1. The summed E-state index contributed by atoms with van der Waals surface area (Å²) in [4.78, 5) is 78.2. The number of carbonyl (C=O) groups excluding carboxylic acids is 5. The van der Waals surface area contributed by atoms with Crippen LogP contribution in [-0.2, 0) is 48.1 Å². The molecule has 21 nitrogen and oxygen atoms in total. The molecule has 22 heteroatoms. The first-order valence-electron chi connectivity index (χ1n) is 24.1. The number of piperazine rings is 1. The van der Waals surface area contributed by atoms with Crippen LogP contribution in [0, 0.1) is 6.92 Å². The number of nitrogens with zero attached hydrogens (tertiary/aromatic N) is 5. The van der Waals surface area contributed by atoms with E-state index in [1.807, 2.05) is 36.1 Å². The molecule has 7 rings (SSSR count). The van der Waals surface area contributed by atoms with E-state index in [1.165, 1.54) is 0 Å². The van der Waals surface area contributed by atoms with Crippen molar-refractivity contribution in [2.75, 3.05) is 101 Å². The fourth-order valence-corrected chi connectivity index (χ4v) is 9.75. The molecule has 0 aliphatic carbocycles. The van der Waals surface area contributed by atoms with Crippen molar-refractivity contribution in [3.63, 3.8) is 0 Å². The van der Waals surface area contributed by atoms with Crippen LogP contribution in [0.2, 0.25) is 0 Å². The van der Waals surface area contributed by atoms with Crippen molar-refractivity contribution < 1.29 is 51.3 Å². The first-order valence-corrected chi connectivity index (χ1v) is 25.5. The predicted molar refractivity (Wildman–Crippen MR) is 268 cm³/mol. The molecule has 2 atom stereocenters. The minimum atomic E-state index is -3.72. The molecular weight excluding hydrogens is 949 g/mol. The van der Waals surface area contributed by atoms with Crippen LogP contribution in [-0.4, -0.2) is 155 Å². The van der Waals surface area contributed by atoms with Gasteiger partial charge in [0.25, 0.3) is 11.8 Å². The first-order chi connectivity index (χ1) is 34.6. The van der Waals surface area contributed by atoms with Crippen LogP contribution in [0.15, 0.2) is 83.9 Å². The van der Waals surface area contributed by atoms with Gasteiger partial charge >= 0.3 is 0 Å². The van der Waals surface area contributed by atoms with E-state index in [0.717, 1.165) is 21.8 Å². The molecule has 2 unspecified atom stereocenters. The molecule has 3 aromatic carbocycles. The minimum Gasteiger partial charge on any atom is -0.379 e. The van der Waals surface area contributed by atoms with E-state index in [-0.39, 0.29) is 36.7 Å². The van der Waals surface area contributed by atoms with Gasteiger partial charge in [0.2, 0.25) is 33.7 Å².